The summed E-state index contributed by atoms with van der Waals surface area (Å²) in [5.74, 6) is 6.67. The molecular weight excluding hydrogens is 238 g/mol. The lowest BCUT2D eigenvalue weighted by atomic mass is 9.89. The van der Waals surface area contributed by atoms with Crippen LogP contribution >= 0.6 is 0 Å². The van der Waals surface area contributed by atoms with Crippen molar-refractivity contribution < 1.29 is 9.47 Å². The Balaban J connectivity index is 1.96. The molecule has 1 aromatic rings. The molecule has 0 bridgehead atoms. The average Bonchev–Trinajstić information content (AvgIpc) is 2.57. The van der Waals surface area contributed by atoms with Gasteiger partial charge in [0.25, 0.3) is 0 Å². The van der Waals surface area contributed by atoms with Crippen LogP contribution in [0, 0.1) is 17.3 Å². The van der Waals surface area contributed by atoms with E-state index in [1.54, 1.807) is 0 Å². The Morgan fingerprint density at radius 2 is 2.11 bits per heavy atom. The van der Waals surface area contributed by atoms with Crippen LogP contribution in [0.1, 0.15) is 18.1 Å². The van der Waals surface area contributed by atoms with Crippen molar-refractivity contribution in [1.29, 1.82) is 0 Å². The minimum absolute atomic E-state index is 0.0280. The first kappa shape index (κ1) is 12.5. The van der Waals surface area contributed by atoms with E-state index >= 15 is 0 Å². The number of hydrogen-bond acceptors (Lipinski definition) is 3. The molecule has 2 aliphatic rings. The number of rotatable bonds is 0. The predicted octanol–water partition coefficient (Wildman–Crippen LogP) is 2.04. The molecule has 3 heteroatoms. The summed E-state index contributed by atoms with van der Waals surface area (Å²) in [6.45, 7) is 5.97. The molecule has 3 rings (SSSR count). The number of nitrogens with zero attached hydrogens (tertiary/aromatic N) is 1. The zero-order valence-electron chi connectivity index (χ0n) is 11.5. The van der Waals surface area contributed by atoms with Crippen LogP contribution in [-0.2, 0) is 16.1 Å². The van der Waals surface area contributed by atoms with Gasteiger partial charge in [0.05, 0.1) is 31.8 Å². The molecule has 0 N–H and O–H groups in total. The highest BCUT2D eigenvalue weighted by Gasteiger charge is 2.31. The smallest absolute Gasteiger partial charge is 0.0756 e. The molecule has 100 valence electrons. The van der Waals surface area contributed by atoms with Gasteiger partial charge in [-0.15, -0.1) is 0 Å². The average molecular weight is 257 g/mol. The van der Waals surface area contributed by atoms with Crippen LogP contribution in [0.5, 0.6) is 0 Å². The first-order chi connectivity index (χ1) is 9.18. The van der Waals surface area contributed by atoms with E-state index in [0.29, 0.717) is 6.61 Å². The number of ether oxygens (including phenoxy) is 2. The second-order valence-corrected chi connectivity index (χ2v) is 5.58. The Bertz CT molecular complexity index is 537. The Hall–Kier alpha value is -1.50. The van der Waals surface area contributed by atoms with Gasteiger partial charge in [-0.05, 0) is 19.1 Å². The van der Waals surface area contributed by atoms with Crippen LogP contribution < -0.4 is 4.90 Å². The van der Waals surface area contributed by atoms with E-state index in [2.05, 4.69) is 48.9 Å². The van der Waals surface area contributed by atoms with Gasteiger partial charge in [0.1, 0.15) is 0 Å². The van der Waals surface area contributed by atoms with Crippen LogP contribution in [0.2, 0.25) is 0 Å². The molecule has 2 aliphatic heterocycles. The van der Waals surface area contributed by atoms with Gasteiger partial charge in [-0.1, -0.05) is 17.9 Å². The molecule has 0 saturated carbocycles. The fourth-order valence-corrected chi connectivity index (χ4v) is 2.40. The zero-order chi connectivity index (χ0) is 13.3. The fourth-order valence-electron chi connectivity index (χ4n) is 2.40. The summed E-state index contributed by atoms with van der Waals surface area (Å²) in [4.78, 5) is 2.24. The van der Waals surface area contributed by atoms with Crippen molar-refractivity contribution in [1.82, 2.24) is 0 Å². The number of fused-ring (bicyclic) bond motifs is 1. The second kappa shape index (κ2) is 4.88. The third kappa shape index (κ3) is 2.47. The summed E-state index contributed by atoms with van der Waals surface area (Å²) >= 11 is 0. The van der Waals surface area contributed by atoms with Crippen molar-refractivity contribution in [2.24, 2.45) is 5.41 Å². The highest BCUT2D eigenvalue weighted by Crippen LogP contribution is 2.28. The maximum Gasteiger partial charge on any atom is 0.0756 e. The molecular formula is C16H19NO2. The van der Waals surface area contributed by atoms with Gasteiger partial charge in [-0.3, -0.25) is 0 Å². The van der Waals surface area contributed by atoms with Gasteiger partial charge >= 0.3 is 0 Å². The summed E-state index contributed by atoms with van der Waals surface area (Å²) < 4.78 is 10.9. The van der Waals surface area contributed by atoms with E-state index in [0.717, 1.165) is 31.9 Å². The molecule has 0 atom stereocenters. The fraction of sp³-hybridized carbons (Fsp3) is 0.500. The quantitative estimate of drug-likeness (QED) is 0.664. The van der Waals surface area contributed by atoms with Gasteiger partial charge in [-0.2, -0.15) is 0 Å². The third-order valence-corrected chi connectivity index (χ3v) is 3.72. The lowest BCUT2D eigenvalue weighted by Gasteiger charge is -2.32. The number of hydrogen-bond donors (Lipinski definition) is 0. The molecule has 0 unspecified atom stereocenters. The molecule has 0 aromatic heterocycles. The van der Waals surface area contributed by atoms with Gasteiger partial charge in [0.2, 0.25) is 0 Å². The van der Waals surface area contributed by atoms with Crippen molar-refractivity contribution in [3.05, 3.63) is 29.3 Å². The summed E-state index contributed by atoms with van der Waals surface area (Å²) in [5.41, 5.74) is 3.55. The van der Waals surface area contributed by atoms with Gasteiger partial charge in [0.15, 0.2) is 0 Å². The Morgan fingerprint density at radius 1 is 1.26 bits per heavy atom. The van der Waals surface area contributed by atoms with Gasteiger partial charge < -0.3 is 14.4 Å². The largest absolute Gasteiger partial charge is 0.378 e. The lowest BCUT2D eigenvalue weighted by molar-refractivity contribution is -0.0648. The number of likely N-dealkylation sites (N-methyl/N-ethyl adjacent to an activating group) is 1. The van der Waals surface area contributed by atoms with Crippen LogP contribution in [0.4, 0.5) is 5.69 Å². The summed E-state index contributed by atoms with van der Waals surface area (Å²) in [5, 5.41) is 0. The van der Waals surface area contributed by atoms with Crippen molar-refractivity contribution in [2.45, 2.75) is 13.5 Å². The second-order valence-electron chi connectivity index (χ2n) is 5.58. The SMILES string of the molecule is CN1CCOCc2c(C#CC3(C)COC3)cccc21. The normalized spacial score (nSPS) is 20.6. The van der Waals surface area contributed by atoms with E-state index in [9.17, 15) is 0 Å². The van der Waals surface area contributed by atoms with Crippen LogP contribution in [0.15, 0.2) is 18.2 Å². The van der Waals surface area contributed by atoms with Crippen LogP contribution in [0.3, 0.4) is 0 Å². The van der Waals surface area contributed by atoms with Crippen molar-refractivity contribution in [3.8, 4) is 11.8 Å². The summed E-state index contributed by atoms with van der Waals surface area (Å²) in [6, 6.07) is 6.30. The Labute approximate surface area is 114 Å². The maximum atomic E-state index is 5.67. The number of benzene rings is 1. The minimum Gasteiger partial charge on any atom is -0.378 e. The van der Waals surface area contributed by atoms with E-state index in [1.807, 2.05) is 0 Å². The third-order valence-electron chi connectivity index (χ3n) is 3.72. The van der Waals surface area contributed by atoms with E-state index in [1.165, 1.54) is 11.3 Å². The number of anilines is 1. The Kier molecular flexibility index (Phi) is 3.22. The van der Waals surface area contributed by atoms with E-state index < -0.39 is 0 Å². The van der Waals surface area contributed by atoms with E-state index in [-0.39, 0.29) is 5.41 Å². The molecule has 1 saturated heterocycles. The molecule has 0 radical (unpaired) electrons. The maximum absolute atomic E-state index is 5.67. The van der Waals surface area contributed by atoms with Crippen molar-refractivity contribution in [2.75, 3.05) is 38.3 Å². The summed E-state index contributed by atoms with van der Waals surface area (Å²) in [6.07, 6.45) is 0. The molecule has 1 fully saturated rings. The molecule has 3 nitrogen and oxygen atoms in total. The first-order valence-corrected chi connectivity index (χ1v) is 6.70. The highest BCUT2D eigenvalue weighted by atomic mass is 16.5. The minimum atomic E-state index is 0.0280. The highest BCUT2D eigenvalue weighted by molar-refractivity contribution is 5.60. The van der Waals surface area contributed by atoms with Gasteiger partial charge in [0, 0.05) is 30.4 Å². The van der Waals surface area contributed by atoms with Crippen LogP contribution in [-0.4, -0.2) is 33.4 Å². The first-order valence-electron chi connectivity index (χ1n) is 6.70. The zero-order valence-corrected chi connectivity index (χ0v) is 11.5. The topological polar surface area (TPSA) is 21.7 Å². The molecule has 19 heavy (non-hydrogen) atoms. The van der Waals surface area contributed by atoms with Gasteiger partial charge in [-0.25, -0.2) is 0 Å². The van der Waals surface area contributed by atoms with E-state index in [4.69, 9.17) is 9.47 Å². The predicted molar refractivity (Wildman–Crippen MR) is 75.2 cm³/mol. The molecule has 2 heterocycles. The van der Waals surface area contributed by atoms with Crippen molar-refractivity contribution >= 4 is 5.69 Å². The molecule has 0 aliphatic carbocycles. The van der Waals surface area contributed by atoms with Crippen molar-refractivity contribution in [3.63, 3.8) is 0 Å². The Morgan fingerprint density at radius 3 is 2.84 bits per heavy atom. The molecule has 1 aromatic carbocycles. The standard InChI is InChI=1S/C16H19NO2/c1-16(11-19-12-16)7-6-13-4-3-5-15-14(13)10-18-9-8-17(15)2/h3-5H,8-12H2,1-2H3. The monoisotopic (exact) mass is 257 g/mol. The lowest BCUT2D eigenvalue weighted by Crippen LogP contribution is -2.38. The molecule has 0 amide bonds. The molecule has 0 spiro atoms. The van der Waals surface area contributed by atoms with Crippen LogP contribution in [0.25, 0.3) is 0 Å². The summed E-state index contributed by atoms with van der Waals surface area (Å²) in [7, 11) is 2.10.